The quantitative estimate of drug-likeness (QED) is 0.338. The van der Waals surface area contributed by atoms with Gasteiger partial charge in [0, 0.05) is 19.8 Å². The molecular formula is C28H25FN2O4. The number of carbonyl (C=O) groups is 3. The molecular weight excluding hydrogens is 447 g/mol. The molecule has 0 heterocycles. The lowest BCUT2D eigenvalue weighted by molar-refractivity contribution is -0.142. The first kappa shape index (κ1) is 23.9. The summed E-state index contributed by atoms with van der Waals surface area (Å²) in [6, 6.07) is 21.0. The number of aliphatic carboxylic acids is 1. The van der Waals surface area contributed by atoms with Crippen molar-refractivity contribution in [2.75, 3.05) is 0 Å². The van der Waals surface area contributed by atoms with Crippen molar-refractivity contribution in [1.82, 2.24) is 10.6 Å². The Morgan fingerprint density at radius 2 is 1.37 bits per heavy atom. The van der Waals surface area contributed by atoms with Crippen LogP contribution in [0.2, 0.25) is 0 Å². The highest BCUT2D eigenvalue weighted by Crippen LogP contribution is 2.29. The summed E-state index contributed by atoms with van der Waals surface area (Å²) in [7, 11) is 0. The molecule has 0 saturated carbocycles. The summed E-state index contributed by atoms with van der Waals surface area (Å²) in [6.07, 6.45) is -0.0724. The van der Waals surface area contributed by atoms with Gasteiger partial charge < -0.3 is 15.7 Å². The molecule has 0 bridgehead atoms. The van der Waals surface area contributed by atoms with Crippen molar-refractivity contribution in [3.63, 3.8) is 0 Å². The van der Waals surface area contributed by atoms with Crippen molar-refractivity contribution in [3.8, 4) is 0 Å². The Hall–Kier alpha value is -4.26. The van der Waals surface area contributed by atoms with Gasteiger partial charge in [-0.2, -0.15) is 0 Å². The van der Waals surface area contributed by atoms with Crippen LogP contribution in [-0.2, 0) is 27.2 Å². The van der Waals surface area contributed by atoms with E-state index in [-0.39, 0.29) is 18.4 Å². The summed E-state index contributed by atoms with van der Waals surface area (Å²) in [4.78, 5) is 37.1. The molecule has 0 aliphatic heterocycles. The molecule has 7 heteroatoms. The number of halogens is 1. The maximum Gasteiger partial charge on any atom is 0.326 e. The second kappa shape index (κ2) is 10.3. The molecule has 2 amide bonds. The number of hydrogen-bond acceptors (Lipinski definition) is 3. The van der Waals surface area contributed by atoms with Crippen LogP contribution in [-0.4, -0.2) is 35.0 Å². The lowest BCUT2D eigenvalue weighted by Crippen LogP contribution is -2.52. The van der Waals surface area contributed by atoms with E-state index in [1.54, 1.807) is 6.07 Å². The van der Waals surface area contributed by atoms with Gasteiger partial charge in [-0.3, -0.25) is 9.59 Å². The van der Waals surface area contributed by atoms with Gasteiger partial charge in [0.15, 0.2) is 0 Å². The molecule has 0 aliphatic rings. The molecule has 0 saturated heterocycles. The summed E-state index contributed by atoms with van der Waals surface area (Å²) in [6.45, 7) is 1.25. The maximum atomic E-state index is 14.2. The lowest BCUT2D eigenvalue weighted by Gasteiger charge is -2.22. The highest BCUT2D eigenvalue weighted by atomic mass is 19.1. The largest absolute Gasteiger partial charge is 0.480 e. The number of amides is 2. The van der Waals surface area contributed by atoms with E-state index < -0.39 is 35.7 Å². The van der Waals surface area contributed by atoms with Gasteiger partial charge in [-0.15, -0.1) is 0 Å². The van der Waals surface area contributed by atoms with Crippen LogP contribution < -0.4 is 10.6 Å². The molecule has 0 aliphatic carbocycles. The van der Waals surface area contributed by atoms with Crippen molar-refractivity contribution < 1.29 is 23.9 Å². The molecule has 2 atom stereocenters. The Bertz CT molecular complexity index is 1360. The van der Waals surface area contributed by atoms with E-state index in [4.69, 9.17) is 0 Å². The molecule has 4 aromatic carbocycles. The van der Waals surface area contributed by atoms with Crippen LogP contribution in [0.5, 0.6) is 0 Å². The van der Waals surface area contributed by atoms with Crippen LogP contribution in [0, 0.1) is 5.82 Å². The molecule has 178 valence electrons. The number of fused-ring (bicyclic) bond motifs is 2. The van der Waals surface area contributed by atoms with Crippen molar-refractivity contribution in [3.05, 3.63) is 95.8 Å². The van der Waals surface area contributed by atoms with Crippen LogP contribution in [0.3, 0.4) is 0 Å². The minimum absolute atomic E-state index is 0.0371. The molecule has 0 aromatic heterocycles. The average molecular weight is 473 g/mol. The van der Waals surface area contributed by atoms with E-state index in [0.29, 0.717) is 0 Å². The fraction of sp³-hybridized carbons (Fsp3) is 0.179. The summed E-state index contributed by atoms with van der Waals surface area (Å²) < 4.78 is 14.2. The molecule has 6 nitrogen and oxygen atoms in total. The van der Waals surface area contributed by atoms with E-state index in [1.165, 1.54) is 25.1 Å². The number of carboxylic acids is 1. The fourth-order valence-electron chi connectivity index (χ4n) is 4.34. The first-order valence-electron chi connectivity index (χ1n) is 11.3. The van der Waals surface area contributed by atoms with Crippen molar-refractivity contribution in [2.45, 2.75) is 31.8 Å². The Labute approximate surface area is 201 Å². The van der Waals surface area contributed by atoms with E-state index in [0.717, 1.165) is 27.1 Å². The molecule has 4 aromatic rings. The van der Waals surface area contributed by atoms with Gasteiger partial charge >= 0.3 is 5.97 Å². The third kappa shape index (κ3) is 5.46. The standard InChI is InChI=1S/C28H25FN2O4/c1-17(32)30-25(15-20-10-4-7-13-24(20)29)27(33)31-26(28(34)35)16-23-21-11-5-2-8-18(21)14-19-9-3-6-12-22(19)23/h2-14,25-26H,15-16H2,1H3,(H,30,32)(H,31,33)(H,34,35)/t25-,26-/m0/s1. The number of benzene rings is 4. The third-order valence-corrected chi connectivity index (χ3v) is 5.98. The Morgan fingerprint density at radius 3 is 1.94 bits per heavy atom. The van der Waals surface area contributed by atoms with Crippen LogP contribution in [0.1, 0.15) is 18.1 Å². The van der Waals surface area contributed by atoms with Gasteiger partial charge in [0.2, 0.25) is 11.8 Å². The first-order valence-corrected chi connectivity index (χ1v) is 11.3. The van der Waals surface area contributed by atoms with Gasteiger partial charge in [-0.1, -0.05) is 66.7 Å². The third-order valence-electron chi connectivity index (χ3n) is 5.98. The Kier molecular flexibility index (Phi) is 7.06. The zero-order valence-electron chi connectivity index (χ0n) is 19.1. The van der Waals surface area contributed by atoms with Crippen LogP contribution in [0.15, 0.2) is 78.9 Å². The number of hydrogen-bond donors (Lipinski definition) is 3. The van der Waals surface area contributed by atoms with Gasteiger partial charge in [0.25, 0.3) is 0 Å². The Morgan fingerprint density at radius 1 is 0.800 bits per heavy atom. The van der Waals surface area contributed by atoms with Gasteiger partial charge in [-0.25, -0.2) is 9.18 Å². The van der Waals surface area contributed by atoms with E-state index >= 15 is 0 Å². The summed E-state index contributed by atoms with van der Waals surface area (Å²) in [5.41, 5.74) is 1.05. The smallest absolute Gasteiger partial charge is 0.326 e. The topological polar surface area (TPSA) is 95.5 Å². The molecule has 3 N–H and O–H groups in total. The highest BCUT2D eigenvalue weighted by molar-refractivity contribution is 6.03. The van der Waals surface area contributed by atoms with Crippen LogP contribution in [0.4, 0.5) is 4.39 Å². The van der Waals surface area contributed by atoms with Gasteiger partial charge in [-0.05, 0) is 44.8 Å². The first-order chi connectivity index (χ1) is 16.8. The minimum atomic E-state index is -1.26. The second-order valence-corrected chi connectivity index (χ2v) is 8.45. The average Bonchev–Trinajstić information content (AvgIpc) is 2.83. The van der Waals surface area contributed by atoms with E-state index in [9.17, 15) is 23.9 Å². The fourth-order valence-corrected chi connectivity index (χ4v) is 4.34. The second-order valence-electron chi connectivity index (χ2n) is 8.45. The summed E-state index contributed by atoms with van der Waals surface area (Å²) in [5.74, 6) is -2.88. The molecule has 0 fully saturated rings. The zero-order valence-corrected chi connectivity index (χ0v) is 19.1. The molecule has 0 radical (unpaired) electrons. The molecule has 0 unspecified atom stereocenters. The molecule has 4 rings (SSSR count). The number of carboxylic acid groups (broad SMARTS) is 1. The van der Waals surface area contributed by atoms with Crippen molar-refractivity contribution in [1.29, 1.82) is 0 Å². The Balaban J connectivity index is 1.65. The van der Waals surface area contributed by atoms with Gasteiger partial charge in [0.05, 0.1) is 0 Å². The van der Waals surface area contributed by atoms with Crippen molar-refractivity contribution >= 4 is 39.3 Å². The lowest BCUT2D eigenvalue weighted by atomic mass is 9.92. The summed E-state index contributed by atoms with van der Waals surface area (Å²) >= 11 is 0. The molecule has 0 spiro atoms. The predicted octanol–water partition coefficient (Wildman–Crippen LogP) is 3.99. The van der Waals surface area contributed by atoms with E-state index in [1.807, 2.05) is 54.6 Å². The number of rotatable bonds is 8. The van der Waals surface area contributed by atoms with Crippen molar-refractivity contribution in [2.24, 2.45) is 0 Å². The normalized spacial score (nSPS) is 12.7. The van der Waals surface area contributed by atoms with E-state index in [2.05, 4.69) is 10.6 Å². The molecule has 35 heavy (non-hydrogen) atoms. The highest BCUT2D eigenvalue weighted by Gasteiger charge is 2.28. The SMILES string of the molecule is CC(=O)N[C@@H](Cc1ccccc1F)C(=O)N[C@@H](Cc1c2ccccc2cc2ccccc12)C(=O)O. The van der Waals surface area contributed by atoms with Gasteiger partial charge in [0.1, 0.15) is 17.9 Å². The zero-order chi connectivity index (χ0) is 24.9. The number of carbonyl (C=O) groups excluding carboxylic acids is 2. The predicted molar refractivity (Wildman–Crippen MR) is 132 cm³/mol. The van der Waals surface area contributed by atoms with Crippen LogP contribution in [0.25, 0.3) is 21.5 Å². The van der Waals surface area contributed by atoms with Crippen LogP contribution >= 0.6 is 0 Å². The number of nitrogens with one attached hydrogen (secondary N) is 2. The monoisotopic (exact) mass is 472 g/mol. The summed E-state index contributed by atoms with van der Waals surface area (Å²) in [5, 5.41) is 18.8. The maximum absolute atomic E-state index is 14.2. The minimum Gasteiger partial charge on any atom is -0.480 e.